The van der Waals surface area contributed by atoms with E-state index in [1.54, 1.807) is 7.11 Å². The molecule has 1 unspecified atom stereocenters. The number of nitrogens with zero attached hydrogens (tertiary/aromatic N) is 1. The van der Waals surface area contributed by atoms with E-state index in [9.17, 15) is 14.0 Å². The van der Waals surface area contributed by atoms with E-state index in [1.807, 2.05) is 41.3 Å². The van der Waals surface area contributed by atoms with E-state index in [2.05, 4.69) is 5.32 Å². The Bertz CT molecular complexity index is 1040. The highest BCUT2D eigenvalue weighted by molar-refractivity contribution is 5.89. The summed E-state index contributed by atoms with van der Waals surface area (Å²) in [5, 5.41) is 3.01. The van der Waals surface area contributed by atoms with Gasteiger partial charge in [-0.15, -0.1) is 0 Å². The van der Waals surface area contributed by atoms with Crippen molar-refractivity contribution in [3.05, 3.63) is 65.5 Å². The van der Waals surface area contributed by atoms with Gasteiger partial charge in [0.2, 0.25) is 11.8 Å². The van der Waals surface area contributed by atoms with Gasteiger partial charge in [-0.3, -0.25) is 9.59 Å². The number of ether oxygens (including phenoxy) is 1. The SMILES string of the molecule is COc1ccc(C2(C(=O)N3CCC4(CC3)CC(=O)NCC4c3ccc(F)cc3)CCCC2)cc1. The van der Waals surface area contributed by atoms with Gasteiger partial charge in [0.15, 0.2) is 0 Å². The average Bonchev–Trinajstić information content (AvgIpc) is 3.36. The topological polar surface area (TPSA) is 58.6 Å². The second-order valence-corrected chi connectivity index (χ2v) is 10.3. The molecule has 6 heteroatoms. The molecule has 2 aromatic carbocycles. The Morgan fingerprint density at radius 1 is 1.00 bits per heavy atom. The second-order valence-electron chi connectivity index (χ2n) is 10.3. The lowest BCUT2D eigenvalue weighted by atomic mass is 9.62. The molecular formula is C28H33FN2O3. The predicted octanol–water partition coefficient (Wildman–Crippen LogP) is 4.56. The van der Waals surface area contributed by atoms with Crippen molar-refractivity contribution in [3.63, 3.8) is 0 Å². The van der Waals surface area contributed by atoms with E-state index in [0.29, 0.717) is 26.1 Å². The van der Waals surface area contributed by atoms with Crippen LogP contribution in [0.5, 0.6) is 5.75 Å². The molecule has 2 amide bonds. The fraction of sp³-hybridized carbons (Fsp3) is 0.500. The van der Waals surface area contributed by atoms with Gasteiger partial charge in [-0.2, -0.15) is 0 Å². The highest BCUT2D eigenvalue weighted by Crippen LogP contribution is 2.50. The third-order valence-electron chi connectivity index (χ3n) is 8.58. The molecule has 2 aromatic rings. The van der Waals surface area contributed by atoms with Gasteiger partial charge in [0.05, 0.1) is 12.5 Å². The van der Waals surface area contributed by atoms with Gasteiger partial charge < -0.3 is 15.0 Å². The summed E-state index contributed by atoms with van der Waals surface area (Å²) in [6, 6.07) is 14.7. The maximum Gasteiger partial charge on any atom is 0.233 e. The molecule has 1 N–H and O–H groups in total. The van der Waals surface area contributed by atoms with E-state index in [-0.39, 0.29) is 29.0 Å². The van der Waals surface area contributed by atoms with Crippen LogP contribution >= 0.6 is 0 Å². The minimum absolute atomic E-state index is 0.0728. The number of amides is 2. The normalized spacial score (nSPS) is 23.5. The highest BCUT2D eigenvalue weighted by Gasteiger charge is 2.50. The number of rotatable bonds is 4. The largest absolute Gasteiger partial charge is 0.497 e. The Kier molecular flexibility index (Phi) is 6.09. The van der Waals surface area contributed by atoms with Gasteiger partial charge in [-0.25, -0.2) is 4.39 Å². The predicted molar refractivity (Wildman–Crippen MR) is 128 cm³/mol. The van der Waals surface area contributed by atoms with Crippen LogP contribution in [0, 0.1) is 11.2 Å². The first-order valence-electron chi connectivity index (χ1n) is 12.4. The van der Waals surface area contributed by atoms with Gasteiger partial charge in [-0.05, 0) is 66.5 Å². The van der Waals surface area contributed by atoms with Crippen LogP contribution in [0.25, 0.3) is 0 Å². The molecule has 3 aliphatic rings. The minimum Gasteiger partial charge on any atom is -0.497 e. The smallest absolute Gasteiger partial charge is 0.233 e. The number of halogens is 1. The molecule has 0 bridgehead atoms. The summed E-state index contributed by atoms with van der Waals surface area (Å²) < 4.78 is 18.9. The molecule has 2 heterocycles. The van der Waals surface area contributed by atoms with Crippen LogP contribution in [0.3, 0.4) is 0 Å². The molecule has 180 valence electrons. The number of likely N-dealkylation sites (tertiary alicyclic amines) is 1. The summed E-state index contributed by atoms with van der Waals surface area (Å²) in [6.45, 7) is 1.87. The van der Waals surface area contributed by atoms with E-state index in [1.165, 1.54) is 12.1 Å². The molecular weight excluding hydrogens is 431 g/mol. The lowest BCUT2D eigenvalue weighted by Gasteiger charge is -2.50. The van der Waals surface area contributed by atoms with E-state index >= 15 is 0 Å². The monoisotopic (exact) mass is 464 g/mol. The number of piperidine rings is 2. The summed E-state index contributed by atoms with van der Waals surface area (Å²) in [4.78, 5) is 28.4. The minimum atomic E-state index is -0.461. The van der Waals surface area contributed by atoms with Crippen molar-refractivity contribution in [2.75, 3.05) is 26.7 Å². The van der Waals surface area contributed by atoms with Gasteiger partial charge in [-0.1, -0.05) is 37.1 Å². The maximum atomic E-state index is 14.0. The molecule has 1 saturated carbocycles. The van der Waals surface area contributed by atoms with Crippen molar-refractivity contribution in [2.24, 2.45) is 5.41 Å². The lowest BCUT2D eigenvalue weighted by molar-refractivity contribution is -0.141. The number of hydrogen-bond donors (Lipinski definition) is 1. The number of methoxy groups -OCH3 is 1. The van der Waals surface area contributed by atoms with Gasteiger partial charge in [0, 0.05) is 32.0 Å². The fourth-order valence-electron chi connectivity index (χ4n) is 6.60. The number of benzene rings is 2. The fourth-order valence-corrected chi connectivity index (χ4v) is 6.60. The summed E-state index contributed by atoms with van der Waals surface area (Å²) in [6.07, 6.45) is 5.89. The van der Waals surface area contributed by atoms with Crippen LogP contribution < -0.4 is 10.1 Å². The highest BCUT2D eigenvalue weighted by atomic mass is 19.1. The zero-order valence-electron chi connectivity index (χ0n) is 19.8. The number of hydrogen-bond acceptors (Lipinski definition) is 3. The Morgan fingerprint density at radius 2 is 1.65 bits per heavy atom. The Labute approximate surface area is 200 Å². The standard InChI is InChI=1S/C28H33FN2O3/c1-34-23-10-6-21(7-11-23)28(12-2-3-13-28)26(33)31-16-14-27(15-17-31)18-25(32)30-19-24(27)20-4-8-22(29)9-5-20/h4-11,24H,2-3,12-19H2,1H3,(H,30,32). The van der Waals surface area contributed by atoms with Crippen molar-refractivity contribution in [1.29, 1.82) is 0 Å². The molecule has 0 radical (unpaired) electrons. The molecule has 3 fully saturated rings. The Hall–Kier alpha value is -2.89. The summed E-state index contributed by atoms with van der Waals surface area (Å²) in [5.74, 6) is 0.974. The van der Waals surface area contributed by atoms with Gasteiger partial charge in [0.25, 0.3) is 0 Å². The molecule has 2 aliphatic heterocycles. The molecule has 5 rings (SSSR count). The number of carbonyl (C=O) groups excluding carboxylic acids is 2. The zero-order valence-corrected chi connectivity index (χ0v) is 19.8. The second kappa shape index (κ2) is 9.05. The lowest BCUT2D eigenvalue weighted by Crippen LogP contribution is -2.55. The van der Waals surface area contributed by atoms with Crippen LogP contribution in [-0.4, -0.2) is 43.5 Å². The molecule has 5 nitrogen and oxygen atoms in total. The number of carbonyl (C=O) groups is 2. The first-order chi connectivity index (χ1) is 16.5. The van der Waals surface area contributed by atoms with Crippen LogP contribution in [0.2, 0.25) is 0 Å². The Morgan fingerprint density at radius 3 is 2.26 bits per heavy atom. The zero-order chi connectivity index (χ0) is 23.8. The van der Waals surface area contributed by atoms with Crippen molar-refractivity contribution in [2.45, 2.75) is 56.3 Å². The third kappa shape index (κ3) is 3.97. The Balaban J connectivity index is 1.36. The molecule has 34 heavy (non-hydrogen) atoms. The van der Waals surface area contributed by atoms with Crippen molar-refractivity contribution in [3.8, 4) is 5.75 Å². The van der Waals surface area contributed by atoms with Crippen molar-refractivity contribution >= 4 is 11.8 Å². The maximum absolute atomic E-state index is 14.0. The van der Waals surface area contributed by atoms with E-state index < -0.39 is 5.41 Å². The first kappa shape index (κ1) is 22.9. The molecule has 1 spiro atoms. The van der Waals surface area contributed by atoms with Crippen LogP contribution in [0.15, 0.2) is 48.5 Å². The van der Waals surface area contributed by atoms with Crippen molar-refractivity contribution in [1.82, 2.24) is 10.2 Å². The van der Waals surface area contributed by atoms with Gasteiger partial charge in [0.1, 0.15) is 11.6 Å². The van der Waals surface area contributed by atoms with E-state index in [4.69, 9.17) is 4.74 Å². The quantitative estimate of drug-likeness (QED) is 0.722. The van der Waals surface area contributed by atoms with Crippen LogP contribution in [-0.2, 0) is 15.0 Å². The molecule has 2 saturated heterocycles. The van der Waals surface area contributed by atoms with E-state index in [0.717, 1.165) is 55.4 Å². The third-order valence-corrected chi connectivity index (χ3v) is 8.58. The number of nitrogens with one attached hydrogen (secondary N) is 1. The van der Waals surface area contributed by atoms with Gasteiger partial charge >= 0.3 is 0 Å². The average molecular weight is 465 g/mol. The van der Waals surface area contributed by atoms with Crippen LogP contribution in [0.4, 0.5) is 4.39 Å². The summed E-state index contributed by atoms with van der Waals surface area (Å²) in [5.41, 5.74) is 1.49. The summed E-state index contributed by atoms with van der Waals surface area (Å²) >= 11 is 0. The van der Waals surface area contributed by atoms with Crippen LogP contribution in [0.1, 0.15) is 62.0 Å². The summed E-state index contributed by atoms with van der Waals surface area (Å²) in [7, 11) is 1.65. The molecule has 1 aliphatic carbocycles. The molecule has 0 aromatic heterocycles. The van der Waals surface area contributed by atoms with Crippen molar-refractivity contribution < 1.29 is 18.7 Å². The first-order valence-corrected chi connectivity index (χ1v) is 12.4. The molecule has 1 atom stereocenters.